The van der Waals surface area contributed by atoms with Crippen molar-refractivity contribution in [1.29, 1.82) is 0 Å². The third kappa shape index (κ3) is 4.91. The molecule has 0 radical (unpaired) electrons. The van der Waals surface area contributed by atoms with Gasteiger partial charge in [0.1, 0.15) is 0 Å². The van der Waals surface area contributed by atoms with Gasteiger partial charge in [0.2, 0.25) is 0 Å². The van der Waals surface area contributed by atoms with Crippen LogP contribution < -0.4 is 0 Å². The maximum absolute atomic E-state index is 12.6. The van der Waals surface area contributed by atoms with Gasteiger partial charge < -0.3 is 0 Å². The van der Waals surface area contributed by atoms with Gasteiger partial charge in [-0.2, -0.15) is 13.2 Å². The lowest BCUT2D eigenvalue weighted by atomic mass is 10.1. The molecule has 98 valence electrons. The fourth-order valence-electron chi connectivity index (χ4n) is 1.27. The van der Waals surface area contributed by atoms with E-state index < -0.39 is 11.9 Å². The average Bonchev–Trinajstić information content (AvgIpc) is 2.27. The lowest BCUT2D eigenvalue weighted by molar-refractivity contribution is -0.141. The maximum atomic E-state index is 12.6. The van der Waals surface area contributed by atoms with E-state index in [1.165, 1.54) is 25.1 Å². The van der Waals surface area contributed by atoms with Crippen molar-refractivity contribution < 1.29 is 18.0 Å². The molecule has 2 nitrogen and oxygen atoms in total. The van der Waals surface area contributed by atoms with Crippen LogP contribution in [0.3, 0.4) is 0 Å². The topological polar surface area (TPSA) is 30.0 Å². The molecule has 0 saturated heterocycles. The van der Waals surface area contributed by atoms with Gasteiger partial charge in [0.05, 0.1) is 0 Å². The van der Waals surface area contributed by atoms with Crippen LogP contribution in [-0.4, -0.2) is 15.9 Å². The molecule has 1 aromatic heterocycles. The third-order valence-electron chi connectivity index (χ3n) is 1.99. The summed E-state index contributed by atoms with van der Waals surface area (Å²) in [6.45, 7) is 1.46. The van der Waals surface area contributed by atoms with E-state index in [-0.39, 0.29) is 10.7 Å². The Morgan fingerprint density at radius 2 is 2.22 bits per heavy atom. The lowest BCUT2D eigenvalue weighted by Gasteiger charge is -2.08. The van der Waals surface area contributed by atoms with Gasteiger partial charge in [-0.1, -0.05) is 30.0 Å². The van der Waals surface area contributed by atoms with E-state index in [1.54, 1.807) is 6.08 Å². The summed E-state index contributed by atoms with van der Waals surface area (Å²) < 4.78 is 37.8. The molecule has 0 bridgehead atoms. The van der Waals surface area contributed by atoms with Crippen LogP contribution in [0.5, 0.6) is 0 Å². The first-order chi connectivity index (χ1) is 8.41. The van der Waals surface area contributed by atoms with Crippen molar-refractivity contribution >= 4 is 23.0 Å². The summed E-state index contributed by atoms with van der Waals surface area (Å²) in [4.78, 5) is 14.0. The summed E-state index contributed by atoms with van der Waals surface area (Å²) >= 11 is 1.15. The molecule has 0 fully saturated rings. The molecule has 0 N–H and O–H groups in total. The molecule has 0 aromatic carbocycles. The van der Waals surface area contributed by atoms with E-state index in [4.69, 9.17) is 0 Å². The summed E-state index contributed by atoms with van der Waals surface area (Å²) in [7, 11) is 0. The smallest absolute Gasteiger partial charge is 0.288 e. The zero-order chi connectivity index (χ0) is 13.6. The number of hydrogen-bond acceptors (Lipinski definition) is 3. The van der Waals surface area contributed by atoms with E-state index in [9.17, 15) is 18.0 Å². The molecular formula is C12H12F3NOS. The van der Waals surface area contributed by atoms with E-state index in [1.807, 2.05) is 0 Å². The Morgan fingerprint density at radius 1 is 1.50 bits per heavy atom. The summed E-state index contributed by atoms with van der Waals surface area (Å²) in [6, 6.07) is 2.82. The molecule has 1 heterocycles. The van der Waals surface area contributed by atoms with Gasteiger partial charge in [-0.05, 0) is 12.5 Å². The number of hydrogen-bond donors (Lipinski definition) is 0. The molecule has 18 heavy (non-hydrogen) atoms. The standard InChI is InChI=1S/C12H12F3NOS/c1-9(17)18-8-3-2-5-10-6-4-7-16-11(10)12(13,14)15/h2,4-7H,3,8H2,1H3. The highest BCUT2D eigenvalue weighted by Crippen LogP contribution is 2.30. The minimum absolute atomic E-state index is 0.000702. The molecule has 6 heteroatoms. The predicted octanol–water partition coefficient (Wildman–Crippen LogP) is 3.78. The van der Waals surface area contributed by atoms with Crippen LogP contribution in [0.2, 0.25) is 0 Å². The molecule has 1 rings (SSSR count). The van der Waals surface area contributed by atoms with Crippen LogP contribution in [0.25, 0.3) is 6.08 Å². The van der Waals surface area contributed by atoms with Crippen molar-refractivity contribution in [2.24, 2.45) is 0 Å². The molecule has 0 saturated carbocycles. The second-order valence-corrected chi connectivity index (χ2v) is 4.74. The molecule has 0 aliphatic carbocycles. The number of aromatic nitrogens is 1. The molecule has 1 aromatic rings. The van der Waals surface area contributed by atoms with Crippen molar-refractivity contribution in [3.05, 3.63) is 35.7 Å². The quantitative estimate of drug-likeness (QED) is 0.783. The molecule has 0 unspecified atom stereocenters. The van der Waals surface area contributed by atoms with Gasteiger partial charge in [0, 0.05) is 24.4 Å². The minimum Gasteiger partial charge on any atom is -0.288 e. The zero-order valence-electron chi connectivity index (χ0n) is 9.70. The number of carbonyl (C=O) groups is 1. The van der Waals surface area contributed by atoms with Crippen molar-refractivity contribution in [2.45, 2.75) is 19.5 Å². The van der Waals surface area contributed by atoms with Crippen molar-refractivity contribution in [3.63, 3.8) is 0 Å². The number of alkyl halides is 3. The predicted molar refractivity (Wildman–Crippen MR) is 66.0 cm³/mol. The number of thioether (sulfide) groups is 1. The fraction of sp³-hybridized carbons (Fsp3) is 0.333. The highest BCUT2D eigenvalue weighted by molar-refractivity contribution is 8.13. The van der Waals surface area contributed by atoms with Gasteiger partial charge >= 0.3 is 6.18 Å². The average molecular weight is 275 g/mol. The number of rotatable bonds is 4. The number of allylic oxidation sites excluding steroid dienone is 1. The first-order valence-electron chi connectivity index (χ1n) is 5.23. The Labute approximate surface area is 107 Å². The van der Waals surface area contributed by atoms with E-state index in [2.05, 4.69) is 4.98 Å². The van der Waals surface area contributed by atoms with Gasteiger partial charge in [-0.3, -0.25) is 9.78 Å². The second-order valence-electron chi connectivity index (χ2n) is 3.47. The Kier molecular flexibility index (Phi) is 5.40. The van der Waals surface area contributed by atoms with Crippen molar-refractivity contribution in [1.82, 2.24) is 4.98 Å². The van der Waals surface area contributed by atoms with Crippen LogP contribution >= 0.6 is 11.8 Å². The Balaban J connectivity index is 2.67. The normalized spacial score (nSPS) is 12.0. The largest absolute Gasteiger partial charge is 0.433 e. The third-order valence-corrected chi connectivity index (χ3v) is 2.84. The van der Waals surface area contributed by atoms with Crippen molar-refractivity contribution in [3.8, 4) is 0 Å². The van der Waals surface area contributed by atoms with Gasteiger partial charge in [-0.25, -0.2) is 0 Å². The van der Waals surface area contributed by atoms with Gasteiger partial charge in [0.25, 0.3) is 0 Å². The van der Waals surface area contributed by atoms with E-state index in [0.717, 1.165) is 18.0 Å². The minimum atomic E-state index is -4.45. The lowest BCUT2D eigenvalue weighted by Crippen LogP contribution is -2.09. The number of halogens is 3. The van der Waals surface area contributed by atoms with Crippen LogP contribution in [0.4, 0.5) is 13.2 Å². The SMILES string of the molecule is CC(=O)SCCC=Cc1cccnc1C(F)(F)F. The Morgan fingerprint density at radius 3 is 2.83 bits per heavy atom. The van der Waals surface area contributed by atoms with Crippen LogP contribution in [0, 0.1) is 0 Å². The van der Waals surface area contributed by atoms with Crippen LogP contribution in [0.1, 0.15) is 24.6 Å². The summed E-state index contributed by atoms with van der Waals surface area (Å²) in [5, 5.41) is 0.000702. The van der Waals surface area contributed by atoms with Crippen LogP contribution in [-0.2, 0) is 11.0 Å². The molecule has 0 aliphatic rings. The maximum Gasteiger partial charge on any atom is 0.433 e. The number of carbonyl (C=O) groups excluding carboxylic acids is 1. The summed E-state index contributed by atoms with van der Waals surface area (Å²) in [5.41, 5.74) is -0.849. The summed E-state index contributed by atoms with van der Waals surface area (Å²) in [5.74, 6) is 0.563. The second kappa shape index (κ2) is 6.58. The first-order valence-corrected chi connectivity index (χ1v) is 6.22. The number of pyridine rings is 1. The van der Waals surface area contributed by atoms with E-state index >= 15 is 0 Å². The molecule has 0 atom stereocenters. The first kappa shape index (κ1) is 14.8. The molecule has 0 amide bonds. The Hall–Kier alpha value is -1.30. The fourth-order valence-corrected chi connectivity index (χ4v) is 1.81. The molecule has 0 aliphatic heterocycles. The Bertz CT molecular complexity index is 443. The van der Waals surface area contributed by atoms with Gasteiger partial charge in [0.15, 0.2) is 10.8 Å². The summed E-state index contributed by atoms with van der Waals surface area (Å²) in [6.07, 6.45) is 0.204. The molecule has 0 spiro atoms. The highest BCUT2D eigenvalue weighted by atomic mass is 32.2. The molecular weight excluding hydrogens is 263 g/mol. The van der Waals surface area contributed by atoms with Gasteiger partial charge in [-0.15, -0.1) is 0 Å². The zero-order valence-corrected chi connectivity index (χ0v) is 10.5. The van der Waals surface area contributed by atoms with Crippen LogP contribution in [0.15, 0.2) is 24.4 Å². The van der Waals surface area contributed by atoms with E-state index in [0.29, 0.717) is 12.2 Å². The highest BCUT2D eigenvalue weighted by Gasteiger charge is 2.34. The van der Waals surface area contributed by atoms with Crippen molar-refractivity contribution in [2.75, 3.05) is 5.75 Å². The number of nitrogens with zero attached hydrogens (tertiary/aromatic N) is 1. The monoisotopic (exact) mass is 275 g/mol.